The number of hydrogen-bond acceptors (Lipinski definition) is 4. The van der Waals surface area contributed by atoms with Crippen molar-refractivity contribution in [2.24, 2.45) is 5.10 Å². The fourth-order valence-corrected chi connectivity index (χ4v) is 2.11. The molecule has 0 radical (unpaired) electrons. The van der Waals surface area contributed by atoms with E-state index < -0.39 is 0 Å². The van der Waals surface area contributed by atoms with Gasteiger partial charge < -0.3 is 9.47 Å². The topological polar surface area (TPSA) is 59.9 Å². The monoisotopic (exact) mass is 376 g/mol. The number of benzene rings is 2. The van der Waals surface area contributed by atoms with Gasteiger partial charge in [-0.2, -0.15) is 5.10 Å². The Balaban J connectivity index is 1.84. The molecule has 2 aromatic carbocycles. The lowest BCUT2D eigenvalue weighted by Crippen LogP contribution is -2.24. The fraction of sp³-hybridized carbons (Fsp3) is 0.176. The molecule has 0 unspecified atom stereocenters. The van der Waals surface area contributed by atoms with E-state index in [9.17, 15) is 4.79 Å². The van der Waals surface area contributed by atoms with E-state index in [4.69, 9.17) is 9.47 Å². The molecule has 0 aliphatic rings. The Kier molecular flexibility index (Phi) is 6.17. The zero-order chi connectivity index (χ0) is 16.7. The van der Waals surface area contributed by atoms with Crippen LogP contribution in [0.5, 0.6) is 11.5 Å². The van der Waals surface area contributed by atoms with Crippen molar-refractivity contribution in [3.8, 4) is 11.5 Å². The van der Waals surface area contributed by atoms with Crippen molar-refractivity contribution in [2.45, 2.75) is 6.92 Å². The molecule has 0 atom stereocenters. The summed E-state index contributed by atoms with van der Waals surface area (Å²) in [5.74, 6) is 0.696. The van der Waals surface area contributed by atoms with Gasteiger partial charge in [0, 0.05) is 4.47 Å². The minimum absolute atomic E-state index is 0.150. The molecule has 0 saturated carbocycles. The molecule has 0 fully saturated rings. The van der Waals surface area contributed by atoms with Crippen LogP contribution in [0.25, 0.3) is 0 Å². The van der Waals surface area contributed by atoms with Crippen LogP contribution in [0.4, 0.5) is 0 Å². The summed E-state index contributed by atoms with van der Waals surface area (Å²) in [5.41, 5.74) is 4.50. The number of methoxy groups -OCH3 is 1. The molecule has 2 aromatic rings. The number of nitrogens with zero attached hydrogens (tertiary/aromatic N) is 1. The molecule has 0 saturated heterocycles. The van der Waals surface area contributed by atoms with Gasteiger partial charge in [0.15, 0.2) is 18.1 Å². The number of nitrogens with one attached hydrogen (secondary N) is 1. The average molecular weight is 377 g/mol. The second kappa shape index (κ2) is 8.33. The second-order valence-corrected chi connectivity index (χ2v) is 5.70. The normalized spacial score (nSPS) is 10.6. The number of amides is 1. The van der Waals surface area contributed by atoms with E-state index in [1.807, 2.05) is 37.3 Å². The summed E-state index contributed by atoms with van der Waals surface area (Å²) in [6.07, 6.45) is 1.58. The summed E-state index contributed by atoms with van der Waals surface area (Å²) < 4.78 is 11.5. The highest BCUT2D eigenvalue weighted by molar-refractivity contribution is 9.10. The van der Waals surface area contributed by atoms with Crippen LogP contribution in [-0.4, -0.2) is 25.8 Å². The Labute approximate surface area is 143 Å². The highest BCUT2D eigenvalue weighted by Crippen LogP contribution is 2.29. The van der Waals surface area contributed by atoms with E-state index in [1.165, 1.54) is 5.56 Å². The molecule has 0 spiro atoms. The Morgan fingerprint density at radius 3 is 2.65 bits per heavy atom. The van der Waals surface area contributed by atoms with Crippen molar-refractivity contribution in [3.05, 3.63) is 58.1 Å². The van der Waals surface area contributed by atoms with Crippen LogP contribution in [0.15, 0.2) is 52.0 Å². The van der Waals surface area contributed by atoms with Crippen molar-refractivity contribution in [2.75, 3.05) is 13.7 Å². The quantitative estimate of drug-likeness (QED) is 0.621. The Morgan fingerprint density at radius 2 is 1.96 bits per heavy atom. The predicted molar refractivity (Wildman–Crippen MR) is 93.1 cm³/mol. The van der Waals surface area contributed by atoms with Gasteiger partial charge in [0.1, 0.15) is 0 Å². The number of carbonyl (C=O) groups is 1. The molecule has 1 N–H and O–H groups in total. The number of ether oxygens (including phenoxy) is 2. The largest absolute Gasteiger partial charge is 0.493 e. The molecular formula is C17H17BrN2O3. The highest BCUT2D eigenvalue weighted by Gasteiger charge is 2.07. The maximum absolute atomic E-state index is 11.7. The van der Waals surface area contributed by atoms with Crippen LogP contribution in [0.3, 0.4) is 0 Å². The molecule has 0 bridgehead atoms. The highest BCUT2D eigenvalue weighted by atomic mass is 79.9. The third kappa shape index (κ3) is 5.41. The molecule has 5 nitrogen and oxygen atoms in total. The number of aryl methyl sites for hydroxylation is 1. The first-order valence-electron chi connectivity index (χ1n) is 6.93. The molecule has 23 heavy (non-hydrogen) atoms. The van der Waals surface area contributed by atoms with E-state index in [1.54, 1.807) is 25.5 Å². The third-order valence-electron chi connectivity index (χ3n) is 2.96. The maximum atomic E-state index is 11.7. The van der Waals surface area contributed by atoms with E-state index in [0.717, 1.165) is 10.0 Å². The van der Waals surface area contributed by atoms with E-state index in [2.05, 4.69) is 26.5 Å². The molecule has 0 aliphatic heterocycles. The van der Waals surface area contributed by atoms with Crippen LogP contribution in [0.1, 0.15) is 11.1 Å². The predicted octanol–water partition coefficient (Wildman–Crippen LogP) is 3.30. The minimum atomic E-state index is -0.349. The van der Waals surface area contributed by atoms with Gasteiger partial charge >= 0.3 is 0 Å². The van der Waals surface area contributed by atoms with Crippen LogP contribution in [0, 0.1) is 6.92 Å². The molecule has 0 aromatic heterocycles. The van der Waals surface area contributed by atoms with E-state index in [-0.39, 0.29) is 12.5 Å². The van der Waals surface area contributed by atoms with Gasteiger partial charge in [-0.15, -0.1) is 0 Å². The number of rotatable bonds is 6. The van der Waals surface area contributed by atoms with Gasteiger partial charge in [0.2, 0.25) is 0 Å². The SMILES string of the molecule is COc1cc(Br)ccc1OCC(=O)N/N=C\c1ccc(C)cc1. The lowest BCUT2D eigenvalue weighted by Gasteiger charge is -2.10. The zero-order valence-corrected chi connectivity index (χ0v) is 14.5. The molecular weight excluding hydrogens is 360 g/mol. The first kappa shape index (κ1) is 17.0. The Bertz CT molecular complexity index is 699. The fourth-order valence-electron chi connectivity index (χ4n) is 1.77. The zero-order valence-electron chi connectivity index (χ0n) is 12.9. The minimum Gasteiger partial charge on any atom is -0.493 e. The smallest absolute Gasteiger partial charge is 0.277 e. The van der Waals surface area contributed by atoms with Crippen LogP contribution >= 0.6 is 15.9 Å². The van der Waals surface area contributed by atoms with Crippen LogP contribution in [-0.2, 0) is 4.79 Å². The lowest BCUT2D eigenvalue weighted by atomic mass is 10.2. The molecule has 0 heterocycles. The average Bonchev–Trinajstić information content (AvgIpc) is 2.55. The summed E-state index contributed by atoms with van der Waals surface area (Å²) >= 11 is 3.34. The van der Waals surface area contributed by atoms with Gasteiger partial charge in [-0.1, -0.05) is 45.8 Å². The molecule has 6 heteroatoms. The molecule has 120 valence electrons. The van der Waals surface area contributed by atoms with Crippen molar-refractivity contribution in [1.29, 1.82) is 0 Å². The maximum Gasteiger partial charge on any atom is 0.277 e. The van der Waals surface area contributed by atoms with Crippen molar-refractivity contribution >= 4 is 28.1 Å². The summed E-state index contributed by atoms with van der Waals surface area (Å²) in [5, 5.41) is 3.90. The summed E-state index contributed by atoms with van der Waals surface area (Å²) in [4.78, 5) is 11.7. The first-order chi connectivity index (χ1) is 11.1. The number of hydrogen-bond donors (Lipinski definition) is 1. The first-order valence-corrected chi connectivity index (χ1v) is 7.72. The molecule has 1 amide bonds. The van der Waals surface area contributed by atoms with E-state index in [0.29, 0.717) is 11.5 Å². The van der Waals surface area contributed by atoms with Crippen molar-refractivity contribution < 1.29 is 14.3 Å². The van der Waals surface area contributed by atoms with Crippen LogP contribution < -0.4 is 14.9 Å². The van der Waals surface area contributed by atoms with Gasteiger partial charge in [0.25, 0.3) is 5.91 Å². The Morgan fingerprint density at radius 1 is 1.22 bits per heavy atom. The van der Waals surface area contributed by atoms with Crippen molar-refractivity contribution in [3.63, 3.8) is 0 Å². The van der Waals surface area contributed by atoms with Gasteiger partial charge in [-0.05, 0) is 30.7 Å². The standard InChI is InChI=1S/C17H17BrN2O3/c1-12-3-5-13(6-4-12)10-19-20-17(21)11-23-15-8-7-14(18)9-16(15)22-2/h3-10H,11H2,1-2H3,(H,20,21)/b19-10-. The summed E-state index contributed by atoms with van der Waals surface area (Å²) in [7, 11) is 1.54. The number of carbonyl (C=O) groups excluding carboxylic acids is 1. The Hall–Kier alpha value is -2.34. The molecule has 2 rings (SSSR count). The summed E-state index contributed by atoms with van der Waals surface area (Å²) in [6.45, 7) is 1.86. The second-order valence-electron chi connectivity index (χ2n) is 4.79. The van der Waals surface area contributed by atoms with Gasteiger partial charge in [0.05, 0.1) is 13.3 Å². The van der Waals surface area contributed by atoms with E-state index >= 15 is 0 Å². The number of halogens is 1. The van der Waals surface area contributed by atoms with Crippen molar-refractivity contribution in [1.82, 2.24) is 5.43 Å². The van der Waals surface area contributed by atoms with Gasteiger partial charge in [-0.25, -0.2) is 5.43 Å². The molecule has 0 aliphatic carbocycles. The third-order valence-corrected chi connectivity index (χ3v) is 3.46. The summed E-state index contributed by atoms with van der Waals surface area (Å²) in [6, 6.07) is 13.1. The number of hydrazone groups is 1. The van der Waals surface area contributed by atoms with Gasteiger partial charge in [-0.3, -0.25) is 4.79 Å². The van der Waals surface area contributed by atoms with Crippen LogP contribution in [0.2, 0.25) is 0 Å². The lowest BCUT2D eigenvalue weighted by molar-refractivity contribution is -0.123.